The molecule has 1 rings (SSSR count). The van der Waals surface area contributed by atoms with Crippen LogP contribution in [0.15, 0.2) is 35.7 Å². The first-order valence-electron chi connectivity index (χ1n) is 2.34. The van der Waals surface area contributed by atoms with Gasteiger partial charge in [-0.15, -0.1) is 0 Å². The summed E-state index contributed by atoms with van der Waals surface area (Å²) in [5.41, 5.74) is 0. The fourth-order valence-corrected chi connectivity index (χ4v) is 0.570. The fraction of sp³-hybridized carbons (Fsp3) is 0. The molecule has 1 aliphatic rings. The Morgan fingerprint density at radius 1 is 1.38 bits per heavy atom. The molecule has 8 heavy (non-hydrogen) atoms. The zero-order valence-corrected chi connectivity index (χ0v) is 5.02. The summed E-state index contributed by atoms with van der Waals surface area (Å²) in [6.45, 7) is 0. The summed E-state index contributed by atoms with van der Waals surface area (Å²) in [4.78, 5) is 0. The molecular formula is C6H6ClN. The minimum Gasteiger partial charge on any atom is -0.366 e. The van der Waals surface area contributed by atoms with Gasteiger partial charge in [-0.25, -0.2) is 0 Å². The van der Waals surface area contributed by atoms with Crippen molar-refractivity contribution in [2.45, 2.75) is 0 Å². The van der Waals surface area contributed by atoms with E-state index in [0.29, 0.717) is 0 Å². The highest BCUT2D eigenvalue weighted by molar-refractivity contribution is 6.31. The van der Waals surface area contributed by atoms with Crippen molar-refractivity contribution in [2.24, 2.45) is 0 Å². The quantitative estimate of drug-likeness (QED) is 0.523. The third kappa shape index (κ3) is 1.43. The van der Waals surface area contributed by atoms with Gasteiger partial charge in [0.1, 0.15) is 0 Å². The maximum absolute atomic E-state index is 5.59. The van der Waals surface area contributed by atoms with Gasteiger partial charge in [-0.2, -0.15) is 0 Å². The van der Waals surface area contributed by atoms with Crippen LogP contribution >= 0.6 is 11.6 Å². The maximum atomic E-state index is 5.59. The normalized spacial score (nSPS) is 16.9. The van der Waals surface area contributed by atoms with E-state index in [9.17, 15) is 0 Å². The number of allylic oxidation sites excluding steroid dienone is 4. The molecule has 1 heterocycles. The summed E-state index contributed by atoms with van der Waals surface area (Å²) in [6, 6.07) is 0. The Balaban J connectivity index is 2.69. The molecule has 0 aromatic rings. The summed E-state index contributed by atoms with van der Waals surface area (Å²) in [5.74, 6) is 0. The molecular weight excluding hydrogens is 122 g/mol. The number of halogens is 1. The van der Waals surface area contributed by atoms with Gasteiger partial charge in [-0.05, 0) is 12.2 Å². The van der Waals surface area contributed by atoms with E-state index >= 15 is 0 Å². The first-order chi connectivity index (χ1) is 3.89. The summed E-state index contributed by atoms with van der Waals surface area (Å²) in [5, 5.41) is 3.58. The van der Waals surface area contributed by atoms with E-state index < -0.39 is 0 Å². The van der Waals surface area contributed by atoms with Crippen LogP contribution < -0.4 is 5.32 Å². The average molecular weight is 128 g/mol. The molecule has 0 amide bonds. The lowest BCUT2D eigenvalue weighted by Gasteiger charge is -1.84. The van der Waals surface area contributed by atoms with Gasteiger partial charge in [-0.1, -0.05) is 17.7 Å². The topological polar surface area (TPSA) is 12.0 Å². The molecule has 1 nitrogen and oxygen atoms in total. The zero-order chi connectivity index (χ0) is 5.82. The molecule has 1 aliphatic heterocycles. The highest BCUT2D eigenvalue weighted by Gasteiger charge is 1.82. The van der Waals surface area contributed by atoms with Crippen LogP contribution in [0.5, 0.6) is 0 Å². The van der Waals surface area contributed by atoms with Gasteiger partial charge >= 0.3 is 0 Å². The van der Waals surface area contributed by atoms with Crippen LogP contribution in [0.25, 0.3) is 0 Å². The summed E-state index contributed by atoms with van der Waals surface area (Å²) >= 11 is 5.59. The molecule has 42 valence electrons. The van der Waals surface area contributed by atoms with E-state index in [1.165, 1.54) is 0 Å². The lowest BCUT2D eigenvalue weighted by atomic mass is 10.5. The lowest BCUT2D eigenvalue weighted by molar-refractivity contribution is 1.20. The van der Waals surface area contributed by atoms with Crippen LogP contribution in [0, 0.1) is 0 Å². The minimum absolute atomic E-state index is 0.718. The van der Waals surface area contributed by atoms with Gasteiger partial charge in [0.15, 0.2) is 0 Å². The maximum Gasteiger partial charge on any atom is 0.0565 e. The van der Waals surface area contributed by atoms with E-state index in [1.54, 1.807) is 6.20 Å². The molecule has 0 saturated heterocycles. The minimum atomic E-state index is 0.718. The van der Waals surface area contributed by atoms with Crippen LogP contribution in [-0.2, 0) is 0 Å². The number of hydrogen-bond donors (Lipinski definition) is 1. The van der Waals surface area contributed by atoms with Crippen molar-refractivity contribution in [3.8, 4) is 0 Å². The highest BCUT2D eigenvalue weighted by Crippen LogP contribution is 2.02. The van der Waals surface area contributed by atoms with E-state index in [1.807, 2.05) is 24.4 Å². The zero-order valence-electron chi connectivity index (χ0n) is 4.26. The second kappa shape index (κ2) is 2.58. The second-order valence-electron chi connectivity index (χ2n) is 1.41. The van der Waals surface area contributed by atoms with Crippen molar-refractivity contribution in [3.05, 3.63) is 35.7 Å². The van der Waals surface area contributed by atoms with Gasteiger partial charge in [0.05, 0.1) is 5.03 Å². The van der Waals surface area contributed by atoms with Gasteiger partial charge in [0.2, 0.25) is 0 Å². The Kier molecular flexibility index (Phi) is 1.75. The summed E-state index contributed by atoms with van der Waals surface area (Å²) in [6.07, 6.45) is 9.11. The predicted octanol–water partition coefficient (Wildman–Crippen LogP) is 1.74. The van der Waals surface area contributed by atoms with Gasteiger partial charge < -0.3 is 5.32 Å². The fourth-order valence-electron chi connectivity index (χ4n) is 0.434. The van der Waals surface area contributed by atoms with Crippen LogP contribution in [0.1, 0.15) is 0 Å². The molecule has 1 N–H and O–H groups in total. The Labute approximate surface area is 53.3 Å². The summed E-state index contributed by atoms with van der Waals surface area (Å²) in [7, 11) is 0. The van der Waals surface area contributed by atoms with Gasteiger partial charge in [0.25, 0.3) is 0 Å². The molecule has 0 aliphatic carbocycles. The summed E-state index contributed by atoms with van der Waals surface area (Å²) < 4.78 is 0. The van der Waals surface area contributed by atoms with E-state index in [4.69, 9.17) is 11.6 Å². The molecule has 0 saturated carbocycles. The van der Waals surface area contributed by atoms with Crippen molar-refractivity contribution in [1.82, 2.24) is 5.32 Å². The van der Waals surface area contributed by atoms with Crippen LogP contribution in [-0.4, -0.2) is 0 Å². The SMILES string of the molecule is ClC1=CNC=CC=C1. The standard InChI is InChI=1S/C6H6ClN/c7-6-3-1-2-4-8-5-6/h1-5,8H. The molecule has 0 radical (unpaired) electrons. The Morgan fingerprint density at radius 3 is 3.12 bits per heavy atom. The van der Waals surface area contributed by atoms with Crippen LogP contribution in [0.4, 0.5) is 0 Å². The van der Waals surface area contributed by atoms with Crippen LogP contribution in [0.2, 0.25) is 0 Å². The third-order valence-electron chi connectivity index (χ3n) is 0.780. The predicted molar refractivity (Wildman–Crippen MR) is 35.4 cm³/mol. The lowest BCUT2D eigenvalue weighted by Crippen LogP contribution is -1.89. The number of rotatable bonds is 0. The van der Waals surface area contributed by atoms with Crippen molar-refractivity contribution >= 4 is 11.6 Å². The molecule has 0 atom stereocenters. The number of hydrogen-bond acceptors (Lipinski definition) is 1. The van der Waals surface area contributed by atoms with Crippen molar-refractivity contribution in [1.29, 1.82) is 0 Å². The van der Waals surface area contributed by atoms with Crippen molar-refractivity contribution in [3.63, 3.8) is 0 Å². The number of nitrogens with one attached hydrogen (secondary N) is 1. The molecule has 0 unspecified atom stereocenters. The first-order valence-corrected chi connectivity index (χ1v) is 2.72. The van der Waals surface area contributed by atoms with E-state index in [-0.39, 0.29) is 0 Å². The van der Waals surface area contributed by atoms with E-state index in [0.717, 1.165) is 5.03 Å². The Morgan fingerprint density at radius 2 is 2.25 bits per heavy atom. The smallest absolute Gasteiger partial charge is 0.0565 e. The monoisotopic (exact) mass is 127 g/mol. The molecule has 0 fully saturated rings. The van der Waals surface area contributed by atoms with Crippen molar-refractivity contribution in [2.75, 3.05) is 0 Å². The second-order valence-corrected chi connectivity index (χ2v) is 1.85. The third-order valence-corrected chi connectivity index (χ3v) is 1.02. The molecule has 0 aromatic heterocycles. The Bertz CT molecular complexity index is 153. The highest BCUT2D eigenvalue weighted by atomic mass is 35.5. The molecule has 0 spiro atoms. The van der Waals surface area contributed by atoms with Gasteiger partial charge in [-0.3, -0.25) is 0 Å². The van der Waals surface area contributed by atoms with Gasteiger partial charge in [0, 0.05) is 12.4 Å². The van der Waals surface area contributed by atoms with Crippen molar-refractivity contribution < 1.29 is 0 Å². The molecule has 0 aromatic carbocycles. The Hall–Kier alpha value is -0.690. The largest absolute Gasteiger partial charge is 0.366 e. The van der Waals surface area contributed by atoms with E-state index in [2.05, 4.69) is 5.32 Å². The van der Waals surface area contributed by atoms with Crippen LogP contribution in [0.3, 0.4) is 0 Å². The molecule has 0 bridgehead atoms. The first kappa shape index (κ1) is 5.45. The molecule has 2 heteroatoms. The average Bonchev–Trinajstić information content (AvgIpc) is 1.94.